The number of alkyl halides is 3. The van der Waals surface area contributed by atoms with E-state index < -0.39 is 23.5 Å². The molecule has 0 atom stereocenters. The maximum atomic E-state index is 14.1. The molecule has 0 N–H and O–H groups in total. The first-order chi connectivity index (χ1) is 16.0. The molecule has 5 nitrogen and oxygen atoms in total. The largest absolute Gasteiger partial charge is 0.433 e. The van der Waals surface area contributed by atoms with Gasteiger partial charge in [0.1, 0.15) is 17.3 Å². The predicted molar refractivity (Wildman–Crippen MR) is 122 cm³/mol. The molecular formula is C24H24F5N5. The molecule has 0 saturated carbocycles. The summed E-state index contributed by atoms with van der Waals surface area (Å²) in [4.78, 5) is 15.5. The summed E-state index contributed by atoms with van der Waals surface area (Å²) in [6, 6.07) is 3.09. The van der Waals surface area contributed by atoms with Crippen molar-refractivity contribution in [2.45, 2.75) is 20.0 Å². The highest BCUT2D eigenvalue weighted by molar-refractivity contribution is 6.03. The monoisotopic (exact) mass is 477 g/mol. The van der Waals surface area contributed by atoms with Crippen molar-refractivity contribution >= 4 is 17.2 Å². The summed E-state index contributed by atoms with van der Waals surface area (Å²) in [6.07, 6.45) is 0.0734. The first kappa shape index (κ1) is 25.1. The molecule has 2 heterocycles. The van der Waals surface area contributed by atoms with Gasteiger partial charge in [0.05, 0.1) is 0 Å². The number of aryl methyl sites for hydroxylation is 1. The van der Waals surface area contributed by atoms with Crippen LogP contribution in [0.3, 0.4) is 0 Å². The van der Waals surface area contributed by atoms with Crippen molar-refractivity contribution in [1.29, 1.82) is 0 Å². The highest BCUT2D eigenvalue weighted by Gasteiger charge is 2.34. The van der Waals surface area contributed by atoms with Crippen LogP contribution in [0.1, 0.15) is 29.6 Å². The number of hydrogen-bond donors (Lipinski definition) is 0. The molecule has 1 saturated heterocycles. The smallest absolute Gasteiger partial charge is 0.368 e. The number of hydrogen-bond acceptors (Lipinski definition) is 5. The fraction of sp³-hybridized carbons (Fsp3) is 0.292. The molecule has 1 aliphatic heterocycles. The molecule has 2 aromatic rings. The standard InChI is InChI=1S/C24H24F5N5/c1-5-6-7-30-15(2)18-12-20(25)21(26)13-19(18)16(3)33-8-10-34(11-9-33)23-14-22(24(27,28)29)31-17(4)32-23/h5-7,12-14H,1,3,8-11H2,2,4H3/b7-6-,30-15+. The molecular weight excluding hydrogens is 453 g/mol. The Bertz CT molecular complexity index is 1150. The van der Waals surface area contributed by atoms with E-state index in [9.17, 15) is 22.0 Å². The van der Waals surface area contributed by atoms with Gasteiger partial charge in [0.15, 0.2) is 11.6 Å². The molecule has 0 aliphatic carbocycles. The van der Waals surface area contributed by atoms with Crippen molar-refractivity contribution in [3.63, 3.8) is 0 Å². The normalized spacial score (nSPS) is 15.2. The Balaban J connectivity index is 1.82. The van der Waals surface area contributed by atoms with Crippen LogP contribution >= 0.6 is 0 Å². The molecule has 1 fully saturated rings. The summed E-state index contributed by atoms with van der Waals surface area (Å²) in [5.74, 6) is -1.79. The van der Waals surface area contributed by atoms with Gasteiger partial charge in [-0.05, 0) is 32.1 Å². The second-order valence-corrected chi connectivity index (χ2v) is 7.68. The van der Waals surface area contributed by atoms with Crippen LogP contribution < -0.4 is 4.90 Å². The second kappa shape index (κ2) is 10.1. The summed E-state index contributed by atoms with van der Waals surface area (Å²) < 4.78 is 67.5. The lowest BCUT2D eigenvalue weighted by Gasteiger charge is -2.38. The zero-order valence-corrected chi connectivity index (χ0v) is 18.8. The van der Waals surface area contributed by atoms with Crippen LogP contribution in [0.15, 0.2) is 54.7 Å². The molecule has 1 aliphatic rings. The number of piperazine rings is 1. The third-order valence-corrected chi connectivity index (χ3v) is 5.35. The van der Waals surface area contributed by atoms with Gasteiger partial charge in [-0.3, -0.25) is 4.99 Å². The van der Waals surface area contributed by atoms with Crippen LogP contribution in [0.5, 0.6) is 0 Å². The molecule has 1 aromatic heterocycles. The first-order valence-corrected chi connectivity index (χ1v) is 10.4. The van der Waals surface area contributed by atoms with E-state index >= 15 is 0 Å². The van der Waals surface area contributed by atoms with Crippen LogP contribution in [0.4, 0.5) is 27.8 Å². The van der Waals surface area contributed by atoms with E-state index in [1.165, 1.54) is 19.2 Å². The van der Waals surface area contributed by atoms with Crippen molar-refractivity contribution in [2.75, 3.05) is 31.1 Å². The van der Waals surface area contributed by atoms with Gasteiger partial charge in [-0.25, -0.2) is 18.7 Å². The molecule has 180 valence electrons. The van der Waals surface area contributed by atoms with Crippen LogP contribution in [-0.2, 0) is 6.18 Å². The molecule has 0 spiro atoms. The van der Waals surface area contributed by atoms with Crippen molar-refractivity contribution < 1.29 is 22.0 Å². The lowest BCUT2D eigenvalue weighted by Crippen LogP contribution is -2.46. The van der Waals surface area contributed by atoms with Crippen molar-refractivity contribution in [3.8, 4) is 0 Å². The molecule has 0 amide bonds. The Labute approximate surface area is 194 Å². The summed E-state index contributed by atoms with van der Waals surface area (Å²) in [5.41, 5.74) is 0.709. The van der Waals surface area contributed by atoms with Crippen molar-refractivity contribution in [1.82, 2.24) is 14.9 Å². The fourth-order valence-electron chi connectivity index (χ4n) is 3.61. The number of allylic oxidation sites excluding steroid dienone is 2. The van der Waals surface area contributed by atoms with Gasteiger partial charge in [0, 0.05) is 61.0 Å². The highest BCUT2D eigenvalue weighted by Crippen LogP contribution is 2.31. The Morgan fingerprint density at radius 2 is 1.65 bits per heavy atom. The first-order valence-electron chi connectivity index (χ1n) is 10.4. The fourth-order valence-corrected chi connectivity index (χ4v) is 3.61. The highest BCUT2D eigenvalue weighted by atomic mass is 19.4. The maximum Gasteiger partial charge on any atom is 0.433 e. The number of anilines is 1. The van der Waals surface area contributed by atoms with E-state index in [-0.39, 0.29) is 11.6 Å². The summed E-state index contributed by atoms with van der Waals surface area (Å²) in [5, 5.41) is 0. The van der Waals surface area contributed by atoms with Crippen LogP contribution in [-0.4, -0.2) is 46.8 Å². The quantitative estimate of drug-likeness (QED) is 0.318. The van der Waals surface area contributed by atoms with E-state index in [0.717, 1.165) is 18.2 Å². The minimum absolute atomic E-state index is 0.0309. The van der Waals surface area contributed by atoms with E-state index in [4.69, 9.17) is 0 Å². The average molecular weight is 477 g/mol. The van der Waals surface area contributed by atoms with Crippen LogP contribution in [0, 0.1) is 18.6 Å². The third-order valence-electron chi connectivity index (χ3n) is 5.35. The summed E-state index contributed by atoms with van der Waals surface area (Å²) in [7, 11) is 0. The Morgan fingerprint density at radius 3 is 2.24 bits per heavy atom. The van der Waals surface area contributed by atoms with Crippen molar-refractivity contribution in [2.24, 2.45) is 4.99 Å². The minimum Gasteiger partial charge on any atom is -0.368 e. The zero-order valence-electron chi connectivity index (χ0n) is 18.8. The van der Waals surface area contributed by atoms with Gasteiger partial charge in [-0.2, -0.15) is 13.2 Å². The number of rotatable bonds is 6. The van der Waals surface area contributed by atoms with Gasteiger partial charge >= 0.3 is 6.18 Å². The zero-order chi connectivity index (χ0) is 25.0. The topological polar surface area (TPSA) is 44.6 Å². The molecule has 10 heteroatoms. The van der Waals surface area contributed by atoms with Gasteiger partial charge in [-0.1, -0.05) is 19.2 Å². The average Bonchev–Trinajstić information content (AvgIpc) is 2.79. The molecule has 0 radical (unpaired) electrons. The number of aromatic nitrogens is 2. The maximum absolute atomic E-state index is 14.1. The number of nitrogens with zero attached hydrogens (tertiary/aromatic N) is 5. The van der Waals surface area contributed by atoms with E-state index in [2.05, 4.69) is 28.1 Å². The molecule has 0 bridgehead atoms. The number of benzene rings is 1. The van der Waals surface area contributed by atoms with E-state index in [0.29, 0.717) is 48.7 Å². The van der Waals surface area contributed by atoms with E-state index in [1.54, 1.807) is 17.9 Å². The Morgan fingerprint density at radius 1 is 1.03 bits per heavy atom. The second-order valence-electron chi connectivity index (χ2n) is 7.68. The molecule has 1 aromatic carbocycles. The van der Waals surface area contributed by atoms with Crippen LogP contribution in [0.25, 0.3) is 5.70 Å². The number of aliphatic imine (C=N–C) groups is 1. The van der Waals surface area contributed by atoms with Gasteiger partial charge in [-0.15, -0.1) is 0 Å². The molecule has 3 rings (SSSR count). The van der Waals surface area contributed by atoms with Gasteiger partial charge in [0.2, 0.25) is 0 Å². The third kappa shape index (κ3) is 5.67. The lowest BCUT2D eigenvalue weighted by atomic mass is 9.99. The Hall–Kier alpha value is -3.56. The van der Waals surface area contributed by atoms with Gasteiger partial charge < -0.3 is 9.80 Å². The Kier molecular flexibility index (Phi) is 7.48. The minimum atomic E-state index is -4.57. The van der Waals surface area contributed by atoms with Crippen LogP contribution in [0.2, 0.25) is 0 Å². The molecule has 34 heavy (non-hydrogen) atoms. The number of halogens is 5. The lowest BCUT2D eigenvalue weighted by molar-refractivity contribution is -0.141. The SMILES string of the molecule is C=C/C=C\N=C(/C)c1cc(F)c(F)cc1C(=C)N1CCN(c2cc(C(F)(F)F)nc(C)n2)CC1. The van der Waals surface area contributed by atoms with E-state index in [1.807, 2.05) is 4.90 Å². The predicted octanol–water partition coefficient (Wildman–Crippen LogP) is 5.38. The van der Waals surface area contributed by atoms with Gasteiger partial charge in [0.25, 0.3) is 0 Å². The molecule has 0 unspecified atom stereocenters. The summed E-state index contributed by atoms with van der Waals surface area (Å²) >= 11 is 0. The van der Waals surface area contributed by atoms with Crippen molar-refractivity contribution in [3.05, 3.63) is 84.0 Å². The summed E-state index contributed by atoms with van der Waals surface area (Å²) in [6.45, 7) is 12.2.